The fourth-order valence-electron chi connectivity index (χ4n) is 8.19. The summed E-state index contributed by atoms with van der Waals surface area (Å²) in [5.41, 5.74) is 0. The summed E-state index contributed by atoms with van der Waals surface area (Å²) >= 11 is 0. The molecule has 0 saturated carbocycles. The van der Waals surface area contributed by atoms with Crippen molar-refractivity contribution in [2.24, 2.45) is 0 Å². The van der Waals surface area contributed by atoms with Gasteiger partial charge < -0.3 is 39.0 Å². The van der Waals surface area contributed by atoms with Gasteiger partial charge in [-0.05, 0) is 89.9 Å². The molecule has 426 valence electrons. The van der Waals surface area contributed by atoms with Crippen molar-refractivity contribution >= 4 is 23.9 Å². The van der Waals surface area contributed by atoms with E-state index in [0.717, 1.165) is 109 Å². The van der Waals surface area contributed by atoms with Gasteiger partial charge in [-0.3, -0.25) is 14.4 Å². The fraction of sp³-hybridized carbons (Fsp3) is 0.683. The molecular weight excluding hydrogens is 949 g/mol. The van der Waals surface area contributed by atoms with E-state index in [1.807, 2.05) is 12.2 Å². The Bertz CT molecular complexity index is 1670. The smallest absolute Gasteiger partial charge is 0.335 e. The number of aliphatic hydroxyl groups is 2. The number of carbonyl (C=O) groups is 4. The number of hydrogen-bond acceptors (Lipinski definition) is 11. The number of esters is 3. The Morgan fingerprint density at radius 3 is 1.36 bits per heavy atom. The second-order valence-electron chi connectivity index (χ2n) is 19.5. The van der Waals surface area contributed by atoms with Crippen molar-refractivity contribution in [2.75, 3.05) is 13.2 Å². The summed E-state index contributed by atoms with van der Waals surface area (Å²) in [6, 6.07) is 0. The van der Waals surface area contributed by atoms with Crippen molar-refractivity contribution in [2.45, 2.75) is 263 Å². The van der Waals surface area contributed by atoms with Crippen LogP contribution < -0.4 is 0 Å². The number of carboxylic acids is 1. The third-order valence-electron chi connectivity index (χ3n) is 12.7. The maximum Gasteiger partial charge on any atom is 0.335 e. The molecule has 0 aromatic rings. The molecule has 3 N–H and O–H groups in total. The molecule has 1 saturated heterocycles. The van der Waals surface area contributed by atoms with Crippen LogP contribution in [0.2, 0.25) is 0 Å². The molecule has 0 amide bonds. The number of aliphatic carboxylic acids is 1. The van der Waals surface area contributed by atoms with Crippen LogP contribution in [0.1, 0.15) is 226 Å². The predicted octanol–water partition coefficient (Wildman–Crippen LogP) is 14.9. The quantitative estimate of drug-likeness (QED) is 0.0228. The molecular formula is C63H102O12. The number of hydrogen-bond donors (Lipinski definition) is 3. The minimum absolute atomic E-state index is 0.0499. The van der Waals surface area contributed by atoms with Gasteiger partial charge in [0, 0.05) is 19.3 Å². The Morgan fingerprint density at radius 2 is 0.867 bits per heavy atom. The molecule has 75 heavy (non-hydrogen) atoms. The van der Waals surface area contributed by atoms with Crippen LogP contribution in [-0.2, 0) is 42.9 Å². The number of carbonyl (C=O) groups excluding carboxylic acids is 3. The Morgan fingerprint density at radius 1 is 0.453 bits per heavy atom. The van der Waals surface area contributed by atoms with Gasteiger partial charge in [-0.2, -0.15) is 0 Å². The first-order chi connectivity index (χ1) is 36.6. The first kappa shape index (κ1) is 68.7. The lowest BCUT2D eigenvalue weighted by molar-refractivity contribution is -0.301. The molecule has 0 spiro atoms. The number of allylic oxidation sites excluding steroid dienone is 16. The summed E-state index contributed by atoms with van der Waals surface area (Å²) < 4.78 is 28.3. The summed E-state index contributed by atoms with van der Waals surface area (Å²) in [5, 5.41) is 31.4. The zero-order chi connectivity index (χ0) is 54.7. The number of ether oxygens (including phenoxy) is 5. The Kier molecular flexibility index (Phi) is 46.2. The highest BCUT2D eigenvalue weighted by atomic mass is 16.7. The van der Waals surface area contributed by atoms with Gasteiger partial charge in [0.2, 0.25) is 0 Å². The van der Waals surface area contributed by atoms with E-state index in [1.54, 1.807) is 0 Å². The SMILES string of the molecule is CC/C=C\C/C=C\C/C=C\C/C=C\C/C=C\C/C=C\CCC(=O)OCC(COC1OC(C(=O)O)C(O)C(O)C1OC(=O)CCCCCCCCCCCCC)OC(=O)CCCCCCC/C=C\C/C=C\CCCCC. The Labute approximate surface area is 453 Å². The van der Waals surface area contributed by atoms with Crippen LogP contribution in [0.5, 0.6) is 0 Å². The number of rotatable bonds is 48. The largest absolute Gasteiger partial charge is 0.479 e. The zero-order valence-corrected chi connectivity index (χ0v) is 46.8. The van der Waals surface area contributed by atoms with Crippen LogP contribution in [0.25, 0.3) is 0 Å². The van der Waals surface area contributed by atoms with Crippen molar-refractivity contribution in [3.63, 3.8) is 0 Å². The predicted molar refractivity (Wildman–Crippen MR) is 303 cm³/mol. The molecule has 0 aromatic carbocycles. The van der Waals surface area contributed by atoms with Gasteiger partial charge >= 0.3 is 23.9 Å². The van der Waals surface area contributed by atoms with E-state index in [0.29, 0.717) is 19.3 Å². The molecule has 1 heterocycles. The van der Waals surface area contributed by atoms with Crippen LogP contribution in [0.3, 0.4) is 0 Å². The lowest BCUT2D eigenvalue weighted by Gasteiger charge is -2.40. The Hall–Kier alpha value is -4.36. The zero-order valence-electron chi connectivity index (χ0n) is 46.8. The molecule has 0 bridgehead atoms. The highest BCUT2D eigenvalue weighted by Gasteiger charge is 2.50. The Balaban J connectivity index is 2.75. The van der Waals surface area contributed by atoms with Gasteiger partial charge in [0.1, 0.15) is 18.8 Å². The monoisotopic (exact) mass is 1050 g/mol. The highest BCUT2D eigenvalue weighted by Crippen LogP contribution is 2.26. The van der Waals surface area contributed by atoms with Gasteiger partial charge in [0.25, 0.3) is 0 Å². The van der Waals surface area contributed by atoms with E-state index in [1.165, 1.54) is 57.8 Å². The van der Waals surface area contributed by atoms with Crippen molar-refractivity contribution < 1.29 is 58.2 Å². The van der Waals surface area contributed by atoms with E-state index in [9.17, 15) is 34.5 Å². The van der Waals surface area contributed by atoms with Gasteiger partial charge in [-0.1, -0.05) is 214 Å². The van der Waals surface area contributed by atoms with E-state index >= 15 is 0 Å². The first-order valence-electron chi connectivity index (χ1n) is 29.2. The average molecular weight is 1050 g/mol. The van der Waals surface area contributed by atoms with E-state index < -0.39 is 67.3 Å². The molecule has 0 aromatic heterocycles. The molecule has 6 atom stereocenters. The van der Waals surface area contributed by atoms with Crippen molar-refractivity contribution in [3.8, 4) is 0 Å². The summed E-state index contributed by atoms with van der Waals surface area (Å²) in [5.74, 6) is -3.25. The van der Waals surface area contributed by atoms with Crippen molar-refractivity contribution in [1.29, 1.82) is 0 Å². The fourth-order valence-corrected chi connectivity index (χ4v) is 8.19. The van der Waals surface area contributed by atoms with Crippen LogP contribution in [0.15, 0.2) is 97.2 Å². The van der Waals surface area contributed by atoms with Crippen molar-refractivity contribution in [1.82, 2.24) is 0 Å². The molecule has 12 heteroatoms. The normalized spacial score (nSPS) is 18.9. The highest BCUT2D eigenvalue weighted by molar-refractivity contribution is 5.74. The minimum atomic E-state index is -1.92. The minimum Gasteiger partial charge on any atom is -0.479 e. The molecule has 1 aliphatic rings. The van der Waals surface area contributed by atoms with Crippen LogP contribution >= 0.6 is 0 Å². The number of aliphatic hydroxyl groups excluding tert-OH is 2. The number of carboxylic acid groups (broad SMARTS) is 1. The van der Waals surface area contributed by atoms with E-state index in [-0.39, 0.29) is 25.9 Å². The lowest BCUT2D eigenvalue weighted by Crippen LogP contribution is -2.61. The molecule has 1 fully saturated rings. The lowest BCUT2D eigenvalue weighted by atomic mass is 9.98. The second-order valence-corrected chi connectivity index (χ2v) is 19.5. The maximum atomic E-state index is 13.1. The van der Waals surface area contributed by atoms with E-state index in [2.05, 4.69) is 106 Å². The van der Waals surface area contributed by atoms with Gasteiger partial charge in [-0.15, -0.1) is 0 Å². The van der Waals surface area contributed by atoms with Crippen LogP contribution in [0.4, 0.5) is 0 Å². The molecule has 1 aliphatic heterocycles. The van der Waals surface area contributed by atoms with Crippen LogP contribution in [-0.4, -0.2) is 89.2 Å². The van der Waals surface area contributed by atoms with Crippen molar-refractivity contribution in [3.05, 3.63) is 97.2 Å². The summed E-state index contributed by atoms with van der Waals surface area (Å²) in [6.07, 6.45) is 53.9. The molecule has 0 aliphatic carbocycles. The van der Waals surface area contributed by atoms with Crippen LogP contribution in [0, 0.1) is 0 Å². The molecule has 1 rings (SSSR count). The van der Waals surface area contributed by atoms with Gasteiger partial charge in [-0.25, -0.2) is 4.79 Å². The van der Waals surface area contributed by atoms with Gasteiger partial charge in [0.15, 0.2) is 24.6 Å². The second kappa shape index (κ2) is 50.5. The average Bonchev–Trinajstić information content (AvgIpc) is 3.39. The number of unbranched alkanes of at least 4 members (excludes halogenated alkanes) is 18. The third-order valence-corrected chi connectivity index (χ3v) is 12.7. The summed E-state index contributed by atoms with van der Waals surface area (Å²) in [6.45, 7) is 5.75. The van der Waals surface area contributed by atoms with E-state index in [4.69, 9.17) is 23.7 Å². The summed E-state index contributed by atoms with van der Waals surface area (Å²) in [4.78, 5) is 51.0. The molecule has 0 radical (unpaired) electrons. The molecule has 6 unspecified atom stereocenters. The molecule has 12 nitrogen and oxygen atoms in total. The maximum absolute atomic E-state index is 13.1. The first-order valence-corrected chi connectivity index (χ1v) is 29.2. The van der Waals surface area contributed by atoms with Gasteiger partial charge in [0.05, 0.1) is 6.61 Å². The summed E-state index contributed by atoms with van der Waals surface area (Å²) in [7, 11) is 0. The third kappa shape index (κ3) is 40.6. The topological polar surface area (TPSA) is 175 Å². The standard InChI is InChI=1S/C63H102O12/c1-4-7-10-13-16-19-22-24-26-27-28-29-31-32-35-37-40-43-46-49-55(64)71-52-54(73-56(65)50-47-44-41-39-36-33-30-25-23-20-17-14-11-8-5-2)53-72-63-61(59(68)58(67)60(75-63)62(69)70)74-57(66)51-48-45-42-38-34-21-18-15-12-9-6-3/h7,10,16-17,19-20,24-26,28-30,32,35,40,43,54,58-61,63,67-68H,4-6,8-9,11-15,18,21-23,27,31,33-34,36-39,41-42,44-53H2,1-3H3,(H,69,70)/b10-7-,19-16-,20-17-,26-24-,29-28-,30-25-,35-32-,43-40-.